The number of carbonyl (C=O) groups excluding carboxylic acids is 1. The third kappa shape index (κ3) is 6.02. The van der Waals surface area contributed by atoms with Gasteiger partial charge in [0, 0.05) is 18.2 Å². The fourth-order valence-corrected chi connectivity index (χ4v) is 1.98. The van der Waals surface area contributed by atoms with Crippen molar-refractivity contribution in [3.63, 3.8) is 0 Å². The van der Waals surface area contributed by atoms with Gasteiger partial charge in [-0.1, -0.05) is 32.0 Å². The van der Waals surface area contributed by atoms with Gasteiger partial charge in [-0.2, -0.15) is 0 Å². The first-order valence-electron chi connectivity index (χ1n) is 7.85. The lowest BCUT2D eigenvalue weighted by molar-refractivity contribution is -0.116. The smallest absolute Gasteiger partial charge is 0.244 e. The van der Waals surface area contributed by atoms with E-state index in [0.29, 0.717) is 24.8 Å². The Bertz CT molecular complexity index is 630. The van der Waals surface area contributed by atoms with Crippen LogP contribution in [0.4, 0.5) is 0 Å². The number of furan rings is 1. The van der Waals surface area contributed by atoms with Crippen molar-refractivity contribution in [2.45, 2.75) is 26.8 Å². The third-order valence-electron chi connectivity index (χ3n) is 3.32. The molecule has 1 amide bonds. The number of ether oxygens (including phenoxy) is 1. The highest BCUT2D eigenvalue weighted by atomic mass is 16.5. The van der Waals surface area contributed by atoms with Gasteiger partial charge in [0.15, 0.2) is 0 Å². The van der Waals surface area contributed by atoms with Crippen LogP contribution in [-0.4, -0.2) is 12.5 Å². The average molecular weight is 313 g/mol. The van der Waals surface area contributed by atoms with Crippen LogP contribution in [0.5, 0.6) is 5.75 Å². The number of amides is 1. The standard InChI is InChI=1S/C19H23NO3/c1-15(2)11-13-23-18-8-4-3-6-16(18)14-20-19(21)10-9-17-7-5-12-22-17/h3-10,12,15H,11,13-14H2,1-2H3,(H,20,21). The van der Waals surface area contributed by atoms with Crippen LogP contribution in [0.15, 0.2) is 53.2 Å². The molecule has 0 radical (unpaired) electrons. The van der Waals surface area contributed by atoms with E-state index < -0.39 is 0 Å². The van der Waals surface area contributed by atoms with Gasteiger partial charge in [0.2, 0.25) is 5.91 Å². The Balaban J connectivity index is 1.86. The van der Waals surface area contributed by atoms with Crippen LogP contribution in [0.2, 0.25) is 0 Å². The van der Waals surface area contributed by atoms with Crippen LogP contribution in [0.1, 0.15) is 31.6 Å². The minimum atomic E-state index is -0.168. The van der Waals surface area contributed by atoms with E-state index in [1.807, 2.05) is 24.3 Å². The number of rotatable bonds is 8. The lowest BCUT2D eigenvalue weighted by Crippen LogP contribution is -2.20. The van der Waals surface area contributed by atoms with E-state index in [0.717, 1.165) is 17.7 Å². The van der Waals surface area contributed by atoms with E-state index in [4.69, 9.17) is 9.15 Å². The minimum Gasteiger partial charge on any atom is -0.493 e. The van der Waals surface area contributed by atoms with Gasteiger partial charge in [-0.15, -0.1) is 0 Å². The summed E-state index contributed by atoms with van der Waals surface area (Å²) in [6, 6.07) is 11.3. The lowest BCUT2D eigenvalue weighted by atomic mass is 10.1. The first kappa shape index (κ1) is 16.9. The Labute approximate surface area is 137 Å². The molecule has 0 saturated heterocycles. The molecule has 0 spiro atoms. The average Bonchev–Trinajstić information content (AvgIpc) is 3.05. The quantitative estimate of drug-likeness (QED) is 0.748. The molecule has 0 aliphatic carbocycles. The summed E-state index contributed by atoms with van der Waals surface area (Å²) in [4.78, 5) is 11.8. The lowest BCUT2D eigenvalue weighted by Gasteiger charge is -2.12. The van der Waals surface area contributed by atoms with Crippen LogP contribution in [0, 0.1) is 5.92 Å². The maximum atomic E-state index is 11.8. The molecule has 0 aliphatic heterocycles. The number of hydrogen-bond donors (Lipinski definition) is 1. The number of para-hydroxylation sites is 1. The number of carbonyl (C=O) groups is 1. The Hall–Kier alpha value is -2.49. The summed E-state index contributed by atoms with van der Waals surface area (Å²) in [6.45, 7) is 5.45. The van der Waals surface area contributed by atoms with Crippen molar-refractivity contribution in [3.05, 3.63) is 60.1 Å². The highest BCUT2D eigenvalue weighted by molar-refractivity contribution is 5.91. The second kappa shape index (κ2) is 8.83. The molecule has 23 heavy (non-hydrogen) atoms. The fraction of sp³-hybridized carbons (Fsp3) is 0.316. The largest absolute Gasteiger partial charge is 0.493 e. The van der Waals surface area contributed by atoms with Gasteiger partial charge in [0.25, 0.3) is 0 Å². The van der Waals surface area contributed by atoms with Crippen LogP contribution >= 0.6 is 0 Å². The molecule has 122 valence electrons. The minimum absolute atomic E-state index is 0.168. The first-order valence-corrected chi connectivity index (χ1v) is 7.85. The number of benzene rings is 1. The molecule has 4 nitrogen and oxygen atoms in total. The summed E-state index contributed by atoms with van der Waals surface area (Å²) in [5, 5.41) is 2.85. The molecule has 0 saturated carbocycles. The van der Waals surface area contributed by atoms with Gasteiger partial charge in [0.05, 0.1) is 12.9 Å². The topological polar surface area (TPSA) is 51.5 Å². The van der Waals surface area contributed by atoms with E-state index in [-0.39, 0.29) is 5.91 Å². The molecule has 1 aromatic carbocycles. The Morgan fingerprint density at radius 3 is 2.83 bits per heavy atom. The predicted molar refractivity (Wildman–Crippen MR) is 91.0 cm³/mol. The van der Waals surface area contributed by atoms with Crippen molar-refractivity contribution in [2.24, 2.45) is 5.92 Å². The molecule has 1 heterocycles. The van der Waals surface area contributed by atoms with Gasteiger partial charge < -0.3 is 14.5 Å². The third-order valence-corrected chi connectivity index (χ3v) is 3.32. The molecule has 0 fully saturated rings. The summed E-state index contributed by atoms with van der Waals surface area (Å²) in [6.07, 6.45) is 5.68. The maximum absolute atomic E-state index is 11.8. The van der Waals surface area contributed by atoms with Gasteiger partial charge in [-0.05, 0) is 36.6 Å². The zero-order valence-corrected chi connectivity index (χ0v) is 13.6. The van der Waals surface area contributed by atoms with Crippen molar-refractivity contribution in [3.8, 4) is 5.75 Å². The van der Waals surface area contributed by atoms with Crippen molar-refractivity contribution in [2.75, 3.05) is 6.61 Å². The van der Waals surface area contributed by atoms with Crippen molar-refractivity contribution in [1.29, 1.82) is 0 Å². The number of hydrogen-bond acceptors (Lipinski definition) is 3. The SMILES string of the molecule is CC(C)CCOc1ccccc1CNC(=O)C=Cc1ccco1. The van der Waals surface area contributed by atoms with E-state index in [1.54, 1.807) is 24.5 Å². The van der Waals surface area contributed by atoms with Crippen molar-refractivity contribution >= 4 is 12.0 Å². The molecular formula is C19H23NO3. The Morgan fingerprint density at radius 2 is 2.09 bits per heavy atom. The maximum Gasteiger partial charge on any atom is 0.244 e. The second-order valence-electron chi connectivity index (χ2n) is 5.71. The van der Waals surface area contributed by atoms with Gasteiger partial charge >= 0.3 is 0 Å². The highest BCUT2D eigenvalue weighted by Crippen LogP contribution is 2.18. The first-order chi connectivity index (χ1) is 11.1. The Morgan fingerprint density at radius 1 is 1.26 bits per heavy atom. The molecule has 0 unspecified atom stereocenters. The van der Waals surface area contributed by atoms with Gasteiger partial charge in [0.1, 0.15) is 11.5 Å². The highest BCUT2D eigenvalue weighted by Gasteiger charge is 2.05. The molecule has 1 N–H and O–H groups in total. The molecule has 0 bridgehead atoms. The molecule has 1 aromatic heterocycles. The Kier molecular flexibility index (Phi) is 6.48. The van der Waals surface area contributed by atoms with Crippen LogP contribution in [-0.2, 0) is 11.3 Å². The van der Waals surface area contributed by atoms with Crippen LogP contribution in [0.3, 0.4) is 0 Å². The van der Waals surface area contributed by atoms with Gasteiger partial charge in [-0.25, -0.2) is 0 Å². The molecule has 2 rings (SSSR count). The van der Waals surface area contributed by atoms with E-state index >= 15 is 0 Å². The monoisotopic (exact) mass is 313 g/mol. The molecule has 0 atom stereocenters. The summed E-state index contributed by atoms with van der Waals surface area (Å²) < 4.78 is 11.0. The summed E-state index contributed by atoms with van der Waals surface area (Å²) >= 11 is 0. The summed E-state index contributed by atoms with van der Waals surface area (Å²) in [5.41, 5.74) is 0.969. The van der Waals surface area contributed by atoms with E-state index in [1.165, 1.54) is 6.08 Å². The van der Waals surface area contributed by atoms with E-state index in [2.05, 4.69) is 19.2 Å². The summed E-state index contributed by atoms with van der Waals surface area (Å²) in [7, 11) is 0. The van der Waals surface area contributed by atoms with Gasteiger partial charge in [-0.3, -0.25) is 4.79 Å². The zero-order valence-electron chi connectivity index (χ0n) is 13.6. The summed E-state index contributed by atoms with van der Waals surface area (Å²) in [5.74, 6) is 1.91. The zero-order chi connectivity index (χ0) is 16.5. The normalized spacial score (nSPS) is 11.1. The fourth-order valence-electron chi connectivity index (χ4n) is 1.98. The molecule has 0 aliphatic rings. The van der Waals surface area contributed by atoms with E-state index in [9.17, 15) is 4.79 Å². The van der Waals surface area contributed by atoms with Crippen molar-refractivity contribution < 1.29 is 13.9 Å². The van der Waals surface area contributed by atoms with Crippen LogP contribution in [0.25, 0.3) is 6.08 Å². The molecular weight excluding hydrogens is 290 g/mol. The second-order valence-corrected chi connectivity index (χ2v) is 5.71. The molecule has 2 aromatic rings. The predicted octanol–water partition coefficient (Wildman–Crippen LogP) is 4.03. The van der Waals surface area contributed by atoms with Crippen molar-refractivity contribution in [1.82, 2.24) is 5.32 Å². The number of nitrogens with one attached hydrogen (secondary N) is 1. The van der Waals surface area contributed by atoms with Crippen LogP contribution < -0.4 is 10.1 Å². The molecule has 4 heteroatoms.